The predicted molar refractivity (Wildman–Crippen MR) is 122 cm³/mol. The fraction of sp³-hybridized carbons (Fsp3) is 0.333. The molecule has 32 heavy (non-hydrogen) atoms. The molecule has 0 aliphatic carbocycles. The van der Waals surface area contributed by atoms with E-state index in [1.54, 1.807) is 23.1 Å². The first-order chi connectivity index (χ1) is 15.3. The highest BCUT2D eigenvalue weighted by Gasteiger charge is 2.28. The van der Waals surface area contributed by atoms with Gasteiger partial charge in [0.15, 0.2) is 0 Å². The second-order valence-corrected chi connectivity index (χ2v) is 10.2. The average Bonchev–Trinajstić information content (AvgIpc) is 3.22. The summed E-state index contributed by atoms with van der Waals surface area (Å²) in [5.41, 5.74) is 0.924. The first-order valence-electron chi connectivity index (χ1n) is 10.1. The second-order valence-electron chi connectivity index (χ2n) is 7.43. The smallest absolute Gasteiger partial charge is 0.257 e. The van der Waals surface area contributed by atoms with Gasteiger partial charge in [0.25, 0.3) is 5.91 Å². The summed E-state index contributed by atoms with van der Waals surface area (Å²) in [4.78, 5) is 26.6. The van der Waals surface area contributed by atoms with Gasteiger partial charge in [0.1, 0.15) is 0 Å². The molecule has 2 aromatic rings. The van der Waals surface area contributed by atoms with E-state index in [1.807, 2.05) is 0 Å². The monoisotopic (exact) mass is 497 g/mol. The molecule has 0 saturated carbocycles. The Balaban J connectivity index is 1.60. The molecule has 0 radical (unpaired) electrons. The van der Waals surface area contributed by atoms with Crippen LogP contribution in [0.5, 0.6) is 0 Å². The van der Waals surface area contributed by atoms with Gasteiger partial charge in [0.05, 0.1) is 39.4 Å². The minimum absolute atomic E-state index is 0.000260. The van der Waals surface area contributed by atoms with Crippen molar-refractivity contribution in [2.45, 2.75) is 17.7 Å². The van der Waals surface area contributed by atoms with E-state index < -0.39 is 15.9 Å². The maximum absolute atomic E-state index is 13.0. The van der Waals surface area contributed by atoms with Crippen molar-refractivity contribution in [1.82, 2.24) is 4.31 Å². The van der Waals surface area contributed by atoms with E-state index >= 15 is 0 Å². The summed E-state index contributed by atoms with van der Waals surface area (Å²) < 4.78 is 32.4. The number of hydrogen-bond acceptors (Lipinski definition) is 5. The summed E-state index contributed by atoms with van der Waals surface area (Å²) in [6.07, 6.45) is 1.24. The number of anilines is 2. The summed E-state index contributed by atoms with van der Waals surface area (Å²) in [5, 5.41) is 3.06. The number of halogens is 2. The molecule has 2 saturated heterocycles. The maximum Gasteiger partial charge on any atom is 0.257 e. The molecule has 2 fully saturated rings. The topological polar surface area (TPSA) is 96.0 Å². The van der Waals surface area contributed by atoms with Crippen LogP contribution in [0.15, 0.2) is 41.3 Å². The number of benzene rings is 2. The van der Waals surface area contributed by atoms with Gasteiger partial charge in [-0.2, -0.15) is 4.31 Å². The molecule has 2 aliphatic rings. The highest BCUT2D eigenvalue weighted by atomic mass is 35.5. The SMILES string of the molecule is O=C(Nc1cc(N2CCCC2=O)ccc1Cl)c1cc(S(=O)(=O)N2CCOCC2)ccc1Cl. The van der Waals surface area contributed by atoms with Gasteiger partial charge in [-0.25, -0.2) is 8.42 Å². The summed E-state index contributed by atoms with van der Waals surface area (Å²) in [6.45, 7) is 1.71. The maximum atomic E-state index is 13.0. The van der Waals surface area contributed by atoms with E-state index in [-0.39, 0.29) is 39.5 Å². The molecule has 4 rings (SSSR count). The lowest BCUT2D eigenvalue weighted by atomic mass is 10.2. The van der Waals surface area contributed by atoms with E-state index in [0.717, 1.165) is 6.42 Å². The number of rotatable bonds is 5. The van der Waals surface area contributed by atoms with Gasteiger partial charge in [-0.1, -0.05) is 23.2 Å². The Morgan fingerprint density at radius 2 is 1.72 bits per heavy atom. The van der Waals surface area contributed by atoms with Gasteiger partial charge in [-0.05, 0) is 42.8 Å². The number of hydrogen-bond donors (Lipinski definition) is 1. The molecular weight excluding hydrogens is 477 g/mol. The number of carbonyl (C=O) groups excluding carboxylic acids is 2. The molecule has 170 valence electrons. The molecule has 0 bridgehead atoms. The third-order valence-electron chi connectivity index (χ3n) is 5.37. The molecule has 11 heteroatoms. The lowest BCUT2D eigenvalue weighted by Gasteiger charge is -2.26. The molecular formula is C21H21Cl2N3O5S. The van der Waals surface area contributed by atoms with Crippen LogP contribution in [0, 0.1) is 0 Å². The summed E-state index contributed by atoms with van der Waals surface area (Å²) in [7, 11) is -3.80. The minimum atomic E-state index is -3.80. The van der Waals surface area contributed by atoms with E-state index in [9.17, 15) is 18.0 Å². The molecule has 8 nitrogen and oxygen atoms in total. The standard InChI is InChI=1S/C21H21Cl2N3O5S/c22-17-6-4-15(32(29,30)25-8-10-31-11-9-25)13-16(17)21(28)24-19-12-14(3-5-18(19)23)26-7-1-2-20(26)27/h3-6,12-13H,1-2,7-11H2,(H,24,28). The Bertz CT molecular complexity index is 1170. The zero-order valence-electron chi connectivity index (χ0n) is 17.0. The number of amides is 2. The number of nitrogens with one attached hydrogen (secondary N) is 1. The van der Waals surface area contributed by atoms with Crippen molar-refractivity contribution in [3.63, 3.8) is 0 Å². The molecule has 2 amide bonds. The minimum Gasteiger partial charge on any atom is -0.379 e. The van der Waals surface area contributed by atoms with E-state index in [0.29, 0.717) is 37.6 Å². The van der Waals surface area contributed by atoms with Crippen LogP contribution in [-0.4, -0.2) is 57.4 Å². The Hall–Kier alpha value is -2.17. The first-order valence-corrected chi connectivity index (χ1v) is 12.3. The van der Waals surface area contributed by atoms with E-state index in [1.165, 1.54) is 22.5 Å². The van der Waals surface area contributed by atoms with Crippen LogP contribution >= 0.6 is 23.2 Å². The van der Waals surface area contributed by atoms with E-state index in [2.05, 4.69) is 5.32 Å². The normalized spacial score (nSPS) is 17.6. The molecule has 2 heterocycles. The van der Waals surface area contributed by atoms with Gasteiger partial charge in [-0.3, -0.25) is 9.59 Å². The quantitative estimate of drug-likeness (QED) is 0.682. The molecule has 1 N–H and O–H groups in total. The highest BCUT2D eigenvalue weighted by molar-refractivity contribution is 7.89. The predicted octanol–water partition coefficient (Wildman–Crippen LogP) is 3.39. The lowest BCUT2D eigenvalue weighted by Crippen LogP contribution is -2.40. The Labute approximate surface area is 196 Å². The van der Waals surface area contributed by atoms with E-state index in [4.69, 9.17) is 27.9 Å². The van der Waals surface area contributed by atoms with Gasteiger partial charge in [0, 0.05) is 31.7 Å². The van der Waals surface area contributed by atoms with Gasteiger partial charge < -0.3 is 15.0 Å². The largest absolute Gasteiger partial charge is 0.379 e. The number of ether oxygens (including phenoxy) is 1. The van der Waals surface area contributed by atoms with Crippen LogP contribution in [0.1, 0.15) is 23.2 Å². The van der Waals surface area contributed by atoms with Gasteiger partial charge in [0.2, 0.25) is 15.9 Å². The second kappa shape index (κ2) is 9.36. The first kappa shape index (κ1) is 23.0. The van der Waals surface area contributed by atoms with Crippen molar-refractivity contribution in [3.05, 3.63) is 52.0 Å². The average molecular weight is 498 g/mol. The lowest BCUT2D eigenvalue weighted by molar-refractivity contribution is -0.117. The van der Waals surface area contributed by atoms with Crippen LogP contribution in [0.4, 0.5) is 11.4 Å². The van der Waals surface area contributed by atoms with Crippen LogP contribution in [0.25, 0.3) is 0 Å². The third-order valence-corrected chi connectivity index (χ3v) is 7.93. The molecule has 0 atom stereocenters. The van der Waals surface area contributed by atoms with Gasteiger partial charge >= 0.3 is 0 Å². The molecule has 0 unspecified atom stereocenters. The molecule has 0 spiro atoms. The number of nitrogens with zero attached hydrogens (tertiary/aromatic N) is 2. The summed E-state index contributed by atoms with van der Waals surface area (Å²) in [6, 6.07) is 8.93. The number of carbonyl (C=O) groups is 2. The van der Waals surface area contributed by atoms with Gasteiger partial charge in [-0.15, -0.1) is 0 Å². The van der Waals surface area contributed by atoms with Crippen molar-refractivity contribution >= 4 is 56.4 Å². The van der Waals surface area contributed by atoms with Crippen LogP contribution in [0.3, 0.4) is 0 Å². The van der Waals surface area contributed by atoms with Crippen molar-refractivity contribution in [3.8, 4) is 0 Å². The fourth-order valence-corrected chi connectivity index (χ4v) is 5.47. The molecule has 0 aromatic heterocycles. The van der Waals surface area contributed by atoms with Crippen LogP contribution in [-0.2, 0) is 19.6 Å². The number of morpholine rings is 1. The summed E-state index contributed by atoms with van der Waals surface area (Å²) in [5.74, 6) is -0.602. The van der Waals surface area contributed by atoms with Crippen molar-refractivity contribution in [1.29, 1.82) is 0 Å². The molecule has 2 aliphatic heterocycles. The third kappa shape index (κ3) is 4.62. The van der Waals surface area contributed by atoms with Crippen LogP contribution in [0.2, 0.25) is 10.0 Å². The van der Waals surface area contributed by atoms with Crippen LogP contribution < -0.4 is 10.2 Å². The Morgan fingerprint density at radius 3 is 2.41 bits per heavy atom. The number of sulfonamides is 1. The molecule has 2 aromatic carbocycles. The zero-order valence-corrected chi connectivity index (χ0v) is 19.3. The van der Waals surface area contributed by atoms with Crippen molar-refractivity contribution in [2.24, 2.45) is 0 Å². The zero-order chi connectivity index (χ0) is 22.9. The van der Waals surface area contributed by atoms with Crippen molar-refractivity contribution in [2.75, 3.05) is 43.1 Å². The summed E-state index contributed by atoms with van der Waals surface area (Å²) >= 11 is 12.5. The highest BCUT2D eigenvalue weighted by Crippen LogP contribution is 2.31. The van der Waals surface area contributed by atoms with Crippen molar-refractivity contribution < 1.29 is 22.7 Å². The Morgan fingerprint density at radius 1 is 1.00 bits per heavy atom. The fourth-order valence-electron chi connectivity index (χ4n) is 3.66. The Kier molecular flexibility index (Phi) is 6.73.